The minimum Gasteiger partial charge on any atom is -0.385 e. The summed E-state index contributed by atoms with van der Waals surface area (Å²) in [4.78, 5) is 0. The van der Waals surface area contributed by atoms with E-state index in [1.54, 1.807) is 20.8 Å². The van der Waals surface area contributed by atoms with Crippen LogP contribution in [0.1, 0.15) is 32.4 Å². The van der Waals surface area contributed by atoms with Crippen molar-refractivity contribution >= 4 is 0 Å². The fourth-order valence-corrected chi connectivity index (χ4v) is 1.53. The van der Waals surface area contributed by atoms with Gasteiger partial charge in [0.15, 0.2) is 11.6 Å². The van der Waals surface area contributed by atoms with Crippen LogP contribution >= 0.6 is 0 Å². The maximum Gasteiger partial charge on any atom is 0.159 e. The molecule has 0 aromatic heterocycles. The third-order valence-electron chi connectivity index (χ3n) is 2.43. The van der Waals surface area contributed by atoms with Gasteiger partial charge in [0.2, 0.25) is 0 Å². The fourth-order valence-electron chi connectivity index (χ4n) is 1.53. The molecule has 1 atom stereocenters. The average Bonchev–Trinajstić information content (AvgIpc) is 2.21. The lowest BCUT2D eigenvalue weighted by Crippen LogP contribution is -2.32. The highest BCUT2D eigenvalue weighted by atomic mass is 19.2. The van der Waals surface area contributed by atoms with E-state index in [4.69, 9.17) is 4.74 Å². The summed E-state index contributed by atoms with van der Waals surface area (Å²) >= 11 is 0. The van der Waals surface area contributed by atoms with E-state index in [0.29, 0.717) is 12.2 Å². The molecule has 1 aromatic rings. The summed E-state index contributed by atoms with van der Waals surface area (Å²) in [7, 11) is 0. The van der Waals surface area contributed by atoms with Crippen molar-refractivity contribution in [2.75, 3.05) is 6.61 Å². The number of aliphatic hydroxyl groups is 1. The lowest BCUT2D eigenvalue weighted by atomic mass is 9.94. The number of hydrogen-bond acceptors (Lipinski definition) is 2. The Morgan fingerprint density at radius 3 is 2.44 bits per heavy atom. The maximum atomic E-state index is 13.0. The lowest BCUT2D eigenvalue weighted by molar-refractivity contribution is -0.0984. The molecule has 1 rings (SSSR count). The molecule has 0 saturated heterocycles. The van der Waals surface area contributed by atoms with Crippen LogP contribution in [0, 0.1) is 11.6 Å². The minimum absolute atomic E-state index is 0.303. The second-order valence-corrected chi connectivity index (χ2v) is 4.11. The summed E-state index contributed by atoms with van der Waals surface area (Å²) in [5, 5.41) is 9.98. The predicted octanol–water partition coefficient (Wildman–Crippen LogP) is 2.81. The van der Waals surface area contributed by atoms with Gasteiger partial charge in [-0.05, 0) is 38.5 Å². The Morgan fingerprint density at radius 1 is 1.31 bits per heavy atom. The third kappa shape index (κ3) is 2.77. The van der Waals surface area contributed by atoms with Gasteiger partial charge in [-0.1, -0.05) is 6.07 Å². The molecule has 4 heteroatoms. The average molecular weight is 230 g/mol. The molecule has 0 spiro atoms. The number of halogens is 2. The molecule has 1 aromatic carbocycles. The van der Waals surface area contributed by atoms with Crippen LogP contribution < -0.4 is 0 Å². The van der Waals surface area contributed by atoms with Crippen molar-refractivity contribution in [1.29, 1.82) is 0 Å². The van der Waals surface area contributed by atoms with E-state index in [9.17, 15) is 13.9 Å². The summed E-state index contributed by atoms with van der Waals surface area (Å²) in [6, 6.07) is 3.33. The van der Waals surface area contributed by atoms with Gasteiger partial charge >= 0.3 is 0 Å². The van der Waals surface area contributed by atoms with E-state index in [1.165, 1.54) is 6.07 Å². The van der Waals surface area contributed by atoms with Gasteiger partial charge in [-0.15, -0.1) is 0 Å². The van der Waals surface area contributed by atoms with E-state index in [0.717, 1.165) is 12.1 Å². The van der Waals surface area contributed by atoms with Gasteiger partial charge in [0, 0.05) is 6.61 Å². The van der Waals surface area contributed by atoms with Gasteiger partial charge in [-0.25, -0.2) is 8.78 Å². The SMILES string of the molecule is CCOC(C)(C)C(O)c1ccc(F)c(F)c1. The zero-order chi connectivity index (χ0) is 12.3. The lowest BCUT2D eigenvalue weighted by Gasteiger charge is -2.30. The van der Waals surface area contributed by atoms with Crippen molar-refractivity contribution < 1.29 is 18.6 Å². The van der Waals surface area contributed by atoms with Crippen molar-refractivity contribution in [1.82, 2.24) is 0 Å². The van der Waals surface area contributed by atoms with Crippen LogP contribution in [0.3, 0.4) is 0 Å². The van der Waals surface area contributed by atoms with Crippen LogP contribution in [0.25, 0.3) is 0 Å². The Kier molecular flexibility index (Phi) is 3.99. The Morgan fingerprint density at radius 2 is 1.94 bits per heavy atom. The van der Waals surface area contributed by atoms with Gasteiger partial charge in [-0.2, -0.15) is 0 Å². The van der Waals surface area contributed by atoms with E-state index in [-0.39, 0.29) is 0 Å². The highest BCUT2D eigenvalue weighted by molar-refractivity contribution is 5.22. The standard InChI is InChI=1S/C12H16F2O2/c1-4-16-12(2,3)11(15)8-5-6-9(13)10(14)7-8/h5-7,11,15H,4H2,1-3H3. The fraction of sp³-hybridized carbons (Fsp3) is 0.500. The summed E-state index contributed by atoms with van der Waals surface area (Å²) in [6.45, 7) is 5.64. The summed E-state index contributed by atoms with van der Waals surface area (Å²) in [5.74, 6) is -1.89. The Hall–Kier alpha value is -1.00. The Labute approximate surface area is 93.9 Å². The smallest absolute Gasteiger partial charge is 0.159 e. The molecule has 0 saturated carbocycles. The first-order valence-electron chi connectivity index (χ1n) is 5.15. The molecule has 0 aliphatic rings. The van der Waals surface area contributed by atoms with Gasteiger partial charge in [0.05, 0.1) is 5.60 Å². The number of aliphatic hydroxyl groups excluding tert-OH is 1. The van der Waals surface area contributed by atoms with Gasteiger partial charge in [-0.3, -0.25) is 0 Å². The molecular weight excluding hydrogens is 214 g/mol. The molecule has 0 fully saturated rings. The van der Waals surface area contributed by atoms with Crippen LogP contribution in [0.2, 0.25) is 0 Å². The minimum atomic E-state index is -0.998. The number of benzene rings is 1. The molecular formula is C12H16F2O2. The number of ether oxygens (including phenoxy) is 1. The molecule has 0 aliphatic heterocycles. The van der Waals surface area contributed by atoms with Crippen molar-refractivity contribution in [2.45, 2.75) is 32.5 Å². The van der Waals surface area contributed by atoms with Crippen LogP contribution in [-0.2, 0) is 4.74 Å². The third-order valence-corrected chi connectivity index (χ3v) is 2.43. The Balaban J connectivity index is 2.95. The van der Waals surface area contributed by atoms with E-state index < -0.39 is 23.3 Å². The molecule has 0 heterocycles. The second kappa shape index (κ2) is 4.89. The van der Waals surface area contributed by atoms with Crippen molar-refractivity contribution in [3.8, 4) is 0 Å². The summed E-state index contributed by atoms with van der Waals surface area (Å²) in [6.07, 6.45) is -0.998. The van der Waals surface area contributed by atoms with Crippen LogP contribution in [-0.4, -0.2) is 17.3 Å². The van der Waals surface area contributed by atoms with Gasteiger partial charge in [0.25, 0.3) is 0 Å². The molecule has 16 heavy (non-hydrogen) atoms. The molecule has 1 unspecified atom stereocenters. The number of rotatable bonds is 4. The van der Waals surface area contributed by atoms with Crippen LogP contribution in [0.5, 0.6) is 0 Å². The highest BCUT2D eigenvalue weighted by Crippen LogP contribution is 2.29. The Bertz CT molecular complexity index is 364. The first kappa shape index (κ1) is 13.1. The topological polar surface area (TPSA) is 29.5 Å². The monoisotopic (exact) mass is 230 g/mol. The molecule has 0 aliphatic carbocycles. The van der Waals surface area contributed by atoms with Crippen molar-refractivity contribution in [3.63, 3.8) is 0 Å². The first-order chi connectivity index (χ1) is 7.38. The summed E-state index contributed by atoms with van der Waals surface area (Å²) < 4.78 is 31.1. The zero-order valence-electron chi connectivity index (χ0n) is 9.63. The van der Waals surface area contributed by atoms with E-state index in [1.807, 2.05) is 0 Å². The number of hydrogen-bond donors (Lipinski definition) is 1. The largest absolute Gasteiger partial charge is 0.385 e. The van der Waals surface area contributed by atoms with E-state index >= 15 is 0 Å². The molecule has 0 radical (unpaired) electrons. The molecule has 90 valence electrons. The molecule has 1 N–H and O–H groups in total. The van der Waals surface area contributed by atoms with Crippen molar-refractivity contribution in [2.24, 2.45) is 0 Å². The van der Waals surface area contributed by atoms with Crippen molar-refractivity contribution in [3.05, 3.63) is 35.4 Å². The molecule has 2 nitrogen and oxygen atoms in total. The second-order valence-electron chi connectivity index (χ2n) is 4.11. The normalized spacial score (nSPS) is 13.9. The highest BCUT2D eigenvalue weighted by Gasteiger charge is 2.30. The maximum absolute atomic E-state index is 13.0. The van der Waals surface area contributed by atoms with Gasteiger partial charge in [0.1, 0.15) is 6.10 Å². The molecule has 0 bridgehead atoms. The van der Waals surface area contributed by atoms with E-state index in [2.05, 4.69) is 0 Å². The van der Waals surface area contributed by atoms with Crippen LogP contribution in [0.15, 0.2) is 18.2 Å². The quantitative estimate of drug-likeness (QED) is 0.861. The van der Waals surface area contributed by atoms with Gasteiger partial charge < -0.3 is 9.84 Å². The zero-order valence-corrected chi connectivity index (χ0v) is 9.63. The van der Waals surface area contributed by atoms with Crippen LogP contribution in [0.4, 0.5) is 8.78 Å². The molecule has 0 amide bonds. The summed E-state index contributed by atoms with van der Waals surface area (Å²) in [5.41, 5.74) is -0.531. The first-order valence-corrected chi connectivity index (χ1v) is 5.15. The predicted molar refractivity (Wildman–Crippen MR) is 57.0 cm³/mol.